The summed E-state index contributed by atoms with van der Waals surface area (Å²) < 4.78 is 13.1. The number of hydrogen-bond acceptors (Lipinski definition) is 1. The summed E-state index contributed by atoms with van der Waals surface area (Å²) in [6.07, 6.45) is 1.86. The van der Waals surface area contributed by atoms with E-state index in [2.05, 4.69) is 23.5 Å². The van der Waals surface area contributed by atoms with Crippen molar-refractivity contribution in [1.82, 2.24) is 0 Å². The molecule has 2 aromatic rings. The van der Waals surface area contributed by atoms with E-state index in [-0.39, 0.29) is 10.8 Å². The van der Waals surface area contributed by atoms with Crippen molar-refractivity contribution < 1.29 is 4.39 Å². The van der Waals surface area contributed by atoms with E-state index >= 15 is 0 Å². The molecule has 18 heavy (non-hydrogen) atoms. The molecule has 0 amide bonds. The highest BCUT2D eigenvalue weighted by atomic mass is 35.5. The van der Waals surface area contributed by atoms with E-state index in [1.807, 2.05) is 6.07 Å². The number of halogens is 2. The van der Waals surface area contributed by atoms with E-state index in [1.54, 1.807) is 12.1 Å². The molecule has 0 bridgehead atoms. The van der Waals surface area contributed by atoms with Crippen LogP contribution < -0.4 is 5.32 Å². The molecule has 1 aliphatic heterocycles. The first-order valence-corrected chi connectivity index (χ1v) is 6.38. The van der Waals surface area contributed by atoms with Crippen molar-refractivity contribution in [3.63, 3.8) is 0 Å². The Balaban J connectivity index is 1.74. The van der Waals surface area contributed by atoms with Gasteiger partial charge in [-0.15, -0.1) is 0 Å². The molecule has 1 unspecified atom stereocenters. The molecule has 0 fully saturated rings. The number of benzene rings is 2. The Labute approximate surface area is 111 Å². The van der Waals surface area contributed by atoms with Gasteiger partial charge in [0.2, 0.25) is 0 Å². The largest absolute Gasteiger partial charge is 0.381 e. The van der Waals surface area contributed by atoms with Gasteiger partial charge in [0, 0.05) is 11.7 Å². The number of rotatable bonds is 2. The van der Waals surface area contributed by atoms with Crippen LogP contribution in [0.25, 0.3) is 0 Å². The van der Waals surface area contributed by atoms with E-state index in [0.29, 0.717) is 6.04 Å². The van der Waals surface area contributed by atoms with Crippen LogP contribution in [0.3, 0.4) is 0 Å². The summed E-state index contributed by atoms with van der Waals surface area (Å²) in [4.78, 5) is 0. The number of nitrogens with one attached hydrogen (secondary N) is 1. The summed E-state index contributed by atoms with van der Waals surface area (Å²) in [7, 11) is 0. The molecule has 1 nitrogen and oxygen atoms in total. The quantitative estimate of drug-likeness (QED) is 0.860. The fourth-order valence-electron chi connectivity index (χ4n) is 2.45. The maximum Gasteiger partial charge on any atom is 0.141 e. The highest BCUT2D eigenvalue weighted by Gasteiger charge is 2.20. The second kappa shape index (κ2) is 4.62. The van der Waals surface area contributed by atoms with Crippen molar-refractivity contribution in [1.29, 1.82) is 0 Å². The molecule has 1 atom stereocenters. The van der Waals surface area contributed by atoms with Gasteiger partial charge in [-0.25, -0.2) is 4.39 Å². The Morgan fingerprint density at radius 1 is 1.22 bits per heavy atom. The minimum atomic E-state index is -0.358. The fourth-order valence-corrected chi connectivity index (χ4v) is 2.65. The highest BCUT2D eigenvalue weighted by molar-refractivity contribution is 6.30. The third-order valence-corrected chi connectivity index (χ3v) is 3.60. The topological polar surface area (TPSA) is 12.0 Å². The van der Waals surface area contributed by atoms with Crippen molar-refractivity contribution in [2.75, 3.05) is 5.32 Å². The average molecular weight is 262 g/mol. The molecule has 92 valence electrons. The Morgan fingerprint density at radius 2 is 2.06 bits per heavy atom. The van der Waals surface area contributed by atoms with Crippen LogP contribution in [0, 0.1) is 5.82 Å². The van der Waals surface area contributed by atoms with Crippen LogP contribution >= 0.6 is 11.6 Å². The summed E-state index contributed by atoms with van der Waals surface area (Å²) in [5.74, 6) is -0.358. The van der Waals surface area contributed by atoms with Crippen LogP contribution in [0.15, 0.2) is 42.5 Å². The summed E-state index contributed by atoms with van der Waals surface area (Å²) in [5, 5.41) is 3.68. The Morgan fingerprint density at radius 3 is 2.83 bits per heavy atom. The summed E-state index contributed by atoms with van der Waals surface area (Å²) in [5.41, 5.74) is 3.61. The van der Waals surface area contributed by atoms with Crippen molar-refractivity contribution in [2.24, 2.45) is 0 Å². The molecule has 1 N–H and O–H groups in total. The first-order valence-electron chi connectivity index (χ1n) is 6.01. The maximum atomic E-state index is 13.1. The summed E-state index contributed by atoms with van der Waals surface area (Å²) in [6, 6.07) is 13.6. The SMILES string of the molecule is Fc1ccc(CC2Cc3ccccc3N2)cc1Cl. The first-order chi connectivity index (χ1) is 8.72. The zero-order chi connectivity index (χ0) is 12.5. The summed E-state index contributed by atoms with van der Waals surface area (Å²) in [6.45, 7) is 0. The Bertz CT molecular complexity index is 557. The van der Waals surface area contributed by atoms with Crippen molar-refractivity contribution in [3.05, 3.63) is 64.4 Å². The van der Waals surface area contributed by atoms with Crippen LogP contribution in [-0.2, 0) is 12.8 Å². The molecular weight excluding hydrogens is 249 g/mol. The van der Waals surface area contributed by atoms with Crippen LogP contribution in [0.1, 0.15) is 11.1 Å². The van der Waals surface area contributed by atoms with Crippen LogP contribution in [0.2, 0.25) is 5.02 Å². The van der Waals surface area contributed by atoms with E-state index in [9.17, 15) is 4.39 Å². The minimum Gasteiger partial charge on any atom is -0.381 e. The van der Waals surface area contributed by atoms with Crippen LogP contribution in [0.5, 0.6) is 0 Å². The maximum absolute atomic E-state index is 13.1. The second-order valence-electron chi connectivity index (χ2n) is 4.66. The van der Waals surface area contributed by atoms with Gasteiger partial charge in [-0.05, 0) is 42.2 Å². The van der Waals surface area contributed by atoms with Gasteiger partial charge in [-0.1, -0.05) is 35.9 Å². The lowest BCUT2D eigenvalue weighted by molar-refractivity contribution is 0.626. The van der Waals surface area contributed by atoms with E-state index in [0.717, 1.165) is 18.4 Å². The lowest BCUT2D eigenvalue weighted by atomic mass is 10.0. The first kappa shape index (κ1) is 11.5. The Hall–Kier alpha value is -1.54. The summed E-state index contributed by atoms with van der Waals surface area (Å²) >= 11 is 5.79. The predicted octanol–water partition coefficient (Wildman–Crippen LogP) is 4.06. The highest BCUT2D eigenvalue weighted by Crippen LogP contribution is 2.27. The lowest BCUT2D eigenvalue weighted by Crippen LogP contribution is -2.18. The molecule has 1 aliphatic rings. The molecular formula is C15H13ClFN. The van der Waals surface area contributed by atoms with Gasteiger partial charge in [0.25, 0.3) is 0 Å². The smallest absolute Gasteiger partial charge is 0.141 e. The van der Waals surface area contributed by atoms with Gasteiger partial charge in [0.05, 0.1) is 5.02 Å². The van der Waals surface area contributed by atoms with E-state index in [4.69, 9.17) is 11.6 Å². The van der Waals surface area contributed by atoms with E-state index in [1.165, 1.54) is 17.3 Å². The van der Waals surface area contributed by atoms with Gasteiger partial charge in [0.15, 0.2) is 0 Å². The molecule has 3 rings (SSSR count). The predicted molar refractivity (Wildman–Crippen MR) is 72.7 cm³/mol. The lowest BCUT2D eigenvalue weighted by Gasteiger charge is -2.11. The molecule has 0 saturated heterocycles. The Kier molecular flexibility index (Phi) is 2.96. The normalized spacial score (nSPS) is 17.3. The molecule has 0 spiro atoms. The monoisotopic (exact) mass is 261 g/mol. The molecule has 0 aromatic heterocycles. The van der Waals surface area contributed by atoms with Gasteiger partial charge in [-0.3, -0.25) is 0 Å². The number of para-hydroxylation sites is 1. The number of hydrogen-bond donors (Lipinski definition) is 1. The second-order valence-corrected chi connectivity index (χ2v) is 5.06. The van der Waals surface area contributed by atoms with E-state index < -0.39 is 0 Å². The molecule has 1 heterocycles. The molecule has 0 saturated carbocycles. The third kappa shape index (κ3) is 2.21. The standard InChI is InChI=1S/C15H13ClFN/c16-13-8-10(5-6-14(13)17)7-12-9-11-3-1-2-4-15(11)18-12/h1-6,8,12,18H,7,9H2. The average Bonchev–Trinajstić information content (AvgIpc) is 2.76. The molecule has 3 heteroatoms. The van der Waals surface area contributed by atoms with Gasteiger partial charge >= 0.3 is 0 Å². The van der Waals surface area contributed by atoms with Gasteiger partial charge < -0.3 is 5.32 Å². The van der Waals surface area contributed by atoms with Crippen LogP contribution in [0.4, 0.5) is 10.1 Å². The minimum absolute atomic E-state index is 0.197. The third-order valence-electron chi connectivity index (χ3n) is 3.31. The van der Waals surface area contributed by atoms with Gasteiger partial charge in [-0.2, -0.15) is 0 Å². The molecule has 2 aromatic carbocycles. The number of fused-ring (bicyclic) bond motifs is 1. The van der Waals surface area contributed by atoms with Crippen molar-refractivity contribution >= 4 is 17.3 Å². The molecule has 0 radical (unpaired) electrons. The number of anilines is 1. The zero-order valence-electron chi connectivity index (χ0n) is 9.79. The molecule has 0 aliphatic carbocycles. The van der Waals surface area contributed by atoms with Crippen molar-refractivity contribution in [2.45, 2.75) is 18.9 Å². The fraction of sp³-hybridized carbons (Fsp3) is 0.200. The van der Waals surface area contributed by atoms with Crippen LogP contribution in [-0.4, -0.2) is 6.04 Å². The van der Waals surface area contributed by atoms with Gasteiger partial charge in [0.1, 0.15) is 5.82 Å². The van der Waals surface area contributed by atoms with Crippen molar-refractivity contribution in [3.8, 4) is 0 Å². The zero-order valence-corrected chi connectivity index (χ0v) is 10.5.